The SMILES string of the molecule is CC(=O)Nc1nc(CNc2ccccc2C(=O)NCCC(N)=O)cs1. The summed E-state index contributed by atoms with van der Waals surface area (Å²) in [6.07, 6.45) is 0.0894. The second-order valence-corrected chi connectivity index (χ2v) is 6.05. The largest absolute Gasteiger partial charge is 0.379 e. The van der Waals surface area contributed by atoms with Crippen LogP contribution in [0.3, 0.4) is 0 Å². The summed E-state index contributed by atoms with van der Waals surface area (Å²) in [4.78, 5) is 38.3. The zero-order valence-electron chi connectivity index (χ0n) is 13.7. The molecular weight excluding hydrogens is 342 g/mol. The summed E-state index contributed by atoms with van der Waals surface area (Å²) in [7, 11) is 0. The summed E-state index contributed by atoms with van der Waals surface area (Å²) in [6.45, 7) is 2.02. The monoisotopic (exact) mass is 361 g/mol. The molecule has 0 aliphatic rings. The number of para-hydroxylation sites is 1. The summed E-state index contributed by atoms with van der Waals surface area (Å²) in [5.74, 6) is -0.932. The molecule has 8 nitrogen and oxygen atoms in total. The summed E-state index contributed by atoms with van der Waals surface area (Å²) in [6, 6.07) is 7.04. The van der Waals surface area contributed by atoms with Crippen LogP contribution in [0.5, 0.6) is 0 Å². The number of nitrogens with one attached hydrogen (secondary N) is 3. The number of carbonyl (C=O) groups excluding carboxylic acids is 3. The van der Waals surface area contributed by atoms with Crippen LogP contribution in [-0.2, 0) is 16.1 Å². The van der Waals surface area contributed by atoms with E-state index in [1.165, 1.54) is 18.3 Å². The molecule has 0 aliphatic heterocycles. The van der Waals surface area contributed by atoms with Crippen molar-refractivity contribution < 1.29 is 14.4 Å². The first-order valence-electron chi connectivity index (χ1n) is 7.57. The van der Waals surface area contributed by atoms with Gasteiger partial charge in [0.25, 0.3) is 5.91 Å². The second kappa shape index (κ2) is 8.78. The first-order chi connectivity index (χ1) is 12.0. The van der Waals surface area contributed by atoms with Gasteiger partial charge in [-0.2, -0.15) is 0 Å². The minimum Gasteiger partial charge on any atom is -0.379 e. The lowest BCUT2D eigenvalue weighted by Gasteiger charge is -2.11. The third-order valence-electron chi connectivity index (χ3n) is 3.12. The van der Waals surface area contributed by atoms with Crippen molar-refractivity contribution in [3.63, 3.8) is 0 Å². The maximum absolute atomic E-state index is 12.2. The molecule has 2 rings (SSSR count). The van der Waals surface area contributed by atoms with Gasteiger partial charge in [0.1, 0.15) is 0 Å². The average Bonchev–Trinajstić information content (AvgIpc) is 2.99. The number of hydrogen-bond donors (Lipinski definition) is 4. The minimum atomic E-state index is -0.467. The molecular formula is C16H19N5O3S. The molecule has 2 aromatic rings. The van der Waals surface area contributed by atoms with E-state index >= 15 is 0 Å². The van der Waals surface area contributed by atoms with Crippen molar-refractivity contribution in [2.45, 2.75) is 19.9 Å². The topological polar surface area (TPSA) is 126 Å². The summed E-state index contributed by atoms with van der Waals surface area (Å²) in [5.41, 5.74) is 6.91. The van der Waals surface area contributed by atoms with E-state index in [4.69, 9.17) is 5.73 Å². The molecule has 3 amide bonds. The van der Waals surface area contributed by atoms with Crippen molar-refractivity contribution in [3.8, 4) is 0 Å². The van der Waals surface area contributed by atoms with Gasteiger partial charge >= 0.3 is 0 Å². The standard InChI is InChI=1S/C16H19N5O3S/c1-10(22)20-16-21-11(9-25-16)8-19-13-5-3-2-4-12(13)15(24)18-7-6-14(17)23/h2-5,9,19H,6-8H2,1H3,(H2,17,23)(H,18,24)(H,20,21,22). The van der Waals surface area contributed by atoms with E-state index in [0.717, 1.165) is 5.69 Å². The fourth-order valence-corrected chi connectivity index (χ4v) is 2.77. The number of amides is 3. The number of nitrogens with two attached hydrogens (primary N) is 1. The average molecular weight is 361 g/mol. The van der Waals surface area contributed by atoms with E-state index in [2.05, 4.69) is 20.9 Å². The van der Waals surface area contributed by atoms with Gasteiger partial charge in [-0.25, -0.2) is 4.98 Å². The van der Waals surface area contributed by atoms with Gasteiger partial charge in [0.2, 0.25) is 11.8 Å². The molecule has 1 heterocycles. The smallest absolute Gasteiger partial charge is 0.253 e. The number of nitrogens with zero attached hydrogens (tertiary/aromatic N) is 1. The van der Waals surface area contributed by atoms with Gasteiger partial charge in [-0.05, 0) is 12.1 Å². The van der Waals surface area contributed by atoms with Crippen LogP contribution in [0.2, 0.25) is 0 Å². The van der Waals surface area contributed by atoms with Gasteiger partial charge in [0.05, 0.1) is 17.8 Å². The Bertz CT molecular complexity index is 775. The first-order valence-corrected chi connectivity index (χ1v) is 8.45. The highest BCUT2D eigenvalue weighted by Gasteiger charge is 2.11. The Kier molecular flexibility index (Phi) is 6.47. The number of rotatable bonds is 8. The fourth-order valence-electron chi connectivity index (χ4n) is 2.01. The Labute approximate surface area is 148 Å². The van der Waals surface area contributed by atoms with Crippen LogP contribution in [0.25, 0.3) is 0 Å². The van der Waals surface area contributed by atoms with Gasteiger partial charge in [0.15, 0.2) is 5.13 Å². The van der Waals surface area contributed by atoms with Crippen molar-refractivity contribution in [3.05, 3.63) is 40.9 Å². The number of anilines is 2. The molecule has 0 aliphatic carbocycles. The molecule has 0 radical (unpaired) electrons. The zero-order valence-corrected chi connectivity index (χ0v) is 14.5. The number of hydrogen-bond acceptors (Lipinski definition) is 6. The number of thiazole rings is 1. The molecule has 1 aromatic heterocycles. The number of primary amides is 1. The predicted molar refractivity (Wildman–Crippen MR) is 96.3 cm³/mol. The molecule has 132 valence electrons. The van der Waals surface area contributed by atoms with Gasteiger partial charge in [-0.15, -0.1) is 11.3 Å². The maximum Gasteiger partial charge on any atom is 0.253 e. The molecule has 1 aromatic carbocycles. The Morgan fingerprint density at radius 2 is 2.00 bits per heavy atom. The molecule has 25 heavy (non-hydrogen) atoms. The van der Waals surface area contributed by atoms with Crippen molar-refractivity contribution in [1.29, 1.82) is 0 Å². The third kappa shape index (κ3) is 5.88. The molecule has 0 fully saturated rings. The molecule has 0 atom stereocenters. The van der Waals surface area contributed by atoms with Crippen LogP contribution < -0.4 is 21.7 Å². The number of aromatic nitrogens is 1. The van der Waals surface area contributed by atoms with E-state index in [1.54, 1.807) is 18.2 Å². The van der Waals surface area contributed by atoms with E-state index in [1.807, 2.05) is 11.4 Å². The quantitative estimate of drug-likeness (QED) is 0.564. The van der Waals surface area contributed by atoms with Crippen molar-refractivity contribution in [2.24, 2.45) is 5.73 Å². The summed E-state index contributed by atoms with van der Waals surface area (Å²) >= 11 is 1.33. The third-order valence-corrected chi connectivity index (χ3v) is 3.93. The van der Waals surface area contributed by atoms with Crippen LogP contribution in [0.4, 0.5) is 10.8 Å². The molecule has 0 spiro atoms. The predicted octanol–water partition coefficient (Wildman–Crippen LogP) is 1.32. The molecule has 9 heteroatoms. The van der Waals surface area contributed by atoms with Crippen LogP contribution in [0.15, 0.2) is 29.6 Å². The molecule has 0 unspecified atom stereocenters. The number of benzene rings is 1. The fraction of sp³-hybridized carbons (Fsp3) is 0.250. The summed E-state index contributed by atoms with van der Waals surface area (Å²) < 4.78 is 0. The lowest BCUT2D eigenvalue weighted by molar-refractivity contribution is -0.118. The van der Waals surface area contributed by atoms with Gasteiger partial charge < -0.3 is 21.7 Å². The lowest BCUT2D eigenvalue weighted by Crippen LogP contribution is -2.28. The Balaban J connectivity index is 1.98. The van der Waals surface area contributed by atoms with E-state index in [0.29, 0.717) is 22.9 Å². The Morgan fingerprint density at radius 1 is 1.24 bits per heavy atom. The molecule has 5 N–H and O–H groups in total. The van der Waals surface area contributed by atoms with Gasteiger partial charge in [-0.1, -0.05) is 12.1 Å². The minimum absolute atomic E-state index is 0.0894. The van der Waals surface area contributed by atoms with Crippen LogP contribution in [0.1, 0.15) is 29.4 Å². The highest BCUT2D eigenvalue weighted by Crippen LogP contribution is 2.19. The second-order valence-electron chi connectivity index (χ2n) is 5.20. The Hall–Kier alpha value is -2.94. The van der Waals surface area contributed by atoms with Gasteiger partial charge in [-0.3, -0.25) is 14.4 Å². The van der Waals surface area contributed by atoms with Crippen LogP contribution in [0, 0.1) is 0 Å². The highest BCUT2D eigenvalue weighted by atomic mass is 32.1. The number of carbonyl (C=O) groups is 3. The maximum atomic E-state index is 12.2. The first kappa shape index (κ1) is 18.4. The normalized spacial score (nSPS) is 10.1. The van der Waals surface area contributed by atoms with E-state index in [9.17, 15) is 14.4 Å². The summed E-state index contributed by atoms with van der Waals surface area (Å²) in [5, 5.41) is 10.8. The van der Waals surface area contributed by atoms with Crippen LogP contribution in [-0.4, -0.2) is 29.3 Å². The Morgan fingerprint density at radius 3 is 2.72 bits per heavy atom. The van der Waals surface area contributed by atoms with Crippen molar-refractivity contribution in [2.75, 3.05) is 17.2 Å². The molecule has 0 saturated heterocycles. The zero-order chi connectivity index (χ0) is 18.2. The van der Waals surface area contributed by atoms with Crippen molar-refractivity contribution >= 4 is 39.9 Å². The lowest BCUT2D eigenvalue weighted by atomic mass is 10.1. The van der Waals surface area contributed by atoms with Crippen LogP contribution >= 0.6 is 11.3 Å². The van der Waals surface area contributed by atoms with E-state index in [-0.39, 0.29) is 24.8 Å². The van der Waals surface area contributed by atoms with Crippen molar-refractivity contribution in [1.82, 2.24) is 10.3 Å². The molecule has 0 saturated carbocycles. The molecule has 0 bridgehead atoms. The van der Waals surface area contributed by atoms with E-state index < -0.39 is 5.91 Å². The van der Waals surface area contributed by atoms with Gasteiger partial charge in [0, 0.05) is 31.0 Å². The highest BCUT2D eigenvalue weighted by molar-refractivity contribution is 7.13.